The Morgan fingerprint density at radius 3 is 2.32 bits per heavy atom. The molecule has 2 aromatic rings. The van der Waals surface area contributed by atoms with Crippen LogP contribution in [-0.2, 0) is 6.18 Å². The Morgan fingerprint density at radius 1 is 0.935 bits per heavy atom. The van der Waals surface area contributed by atoms with Gasteiger partial charge in [0.2, 0.25) is 0 Å². The van der Waals surface area contributed by atoms with Crippen molar-refractivity contribution < 1.29 is 18.0 Å². The van der Waals surface area contributed by atoms with E-state index in [0.29, 0.717) is 42.1 Å². The average molecular weight is 468 g/mol. The first-order chi connectivity index (χ1) is 14.9. The number of hydrogen-bond acceptors (Lipinski definition) is 5. The molecule has 0 aliphatic carbocycles. The summed E-state index contributed by atoms with van der Waals surface area (Å²) in [6, 6.07) is 10.4. The van der Waals surface area contributed by atoms with E-state index in [4.69, 9.17) is 0 Å². The fourth-order valence-electron chi connectivity index (χ4n) is 3.74. The highest BCUT2D eigenvalue weighted by molar-refractivity contribution is 8.16. The van der Waals surface area contributed by atoms with E-state index in [9.17, 15) is 18.0 Å². The van der Waals surface area contributed by atoms with Crippen LogP contribution in [0.4, 0.5) is 19.0 Å². The minimum Gasteiger partial charge on any atom is -0.355 e. The van der Waals surface area contributed by atoms with E-state index in [1.165, 1.54) is 29.6 Å². The van der Waals surface area contributed by atoms with Crippen LogP contribution in [0.15, 0.2) is 42.6 Å². The van der Waals surface area contributed by atoms with E-state index in [0.717, 1.165) is 18.7 Å². The summed E-state index contributed by atoms with van der Waals surface area (Å²) in [5.74, 6) is 2.86. The molecule has 0 unspecified atom stereocenters. The normalized spacial score (nSPS) is 18.7. The molecule has 0 N–H and O–H groups in total. The van der Waals surface area contributed by atoms with Gasteiger partial charge in [0.25, 0.3) is 5.91 Å². The largest absolute Gasteiger partial charge is 0.417 e. The third kappa shape index (κ3) is 5.49. The van der Waals surface area contributed by atoms with Gasteiger partial charge in [-0.3, -0.25) is 4.79 Å². The molecule has 1 aromatic heterocycles. The van der Waals surface area contributed by atoms with Gasteiger partial charge in [0.1, 0.15) is 5.82 Å². The Kier molecular flexibility index (Phi) is 7.01. The van der Waals surface area contributed by atoms with E-state index < -0.39 is 11.7 Å². The minimum atomic E-state index is -4.39. The van der Waals surface area contributed by atoms with Crippen LogP contribution in [0.3, 0.4) is 0 Å². The molecule has 4 nitrogen and oxygen atoms in total. The molecule has 2 aliphatic heterocycles. The van der Waals surface area contributed by atoms with E-state index in [-0.39, 0.29) is 5.91 Å². The molecule has 0 atom stereocenters. The molecule has 0 saturated carbocycles. The molecule has 1 aromatic carbocycles. The molecule has 2 aliphatic rings. The van der Waals surface area contributed by atoms with Crippen molar-refractivity contribution in [2.75, 3.05) is 42.6 Å². The lowest BCUT2D eigenvalue weighted by Crippen LogP contribution is -2.35. The Balaban J connectivity index is 1.37. The van der Waals surface area contributed by atoms with Crippen LogP contribution in [0.2, 0.25) is 0 Å². The number of thioether (sulfide) groups is 2. The SMILES string of the molecule is O=C(c1ccc(C2SCCCS2)cc1)N1CCCN(c2ccc(C(F)(F)F)cn2)CC1. The minimum absolute atomic E-state index is 0.00210. The maximum Gasteiger partial charge on any atom is 0.417 e. The van der Waals surface area contributed by atoms with Crippen molar-refractivity contribution in [3.8, 4) is 0 Å². The molecule has 31 heavy (non-hydrogen) atoms. The molecule has 166 valence electrons. The van der Waals surface area contributed by atoms with Crippen molar-refractivity contribution in [1.82, 2.24) is 9.88 Å². The number of hydrogen-bond donors (Lipinski definition) is 0. The molecule has 1 amide bonds. The quantitative estimate of drug-likeness (QED) is 0.611. The summed E-state index contributed by atoms with van der Waals surface area (Å²) in [6.07, 6.45) is -1.54. The number of carbonyl (C=O) groups is 1. The van der Waals surface area contributed by atoms with E-state index >= 15 is 0 Å². The predicted octanol–water partition coefficient (Wildman–Crippen LogP) is 5.32. The van der Waals surface area contributed by atoms with E-state index in [2.05, 4.69) is 17.1 Å². The molecule has 0 spiro atoms. The number of carbonyl (C=O) groups excluding carboxylic acids is 1. The van der Waals surface area contributed by atoms with Crippen LogP contribution in [-0.4, -0.2) is 53.5 Å². The topological polar surface area (TPSA) is 36.4 Å². The number of alkyl halides is 3. The van der Waals surface area contributed by atoms with Gasteiger partial charge in [0, 0.05) is 37.9 Å². The summed E-state index contributed by atoms with van der Waals surface area (Å²) in [5.41, 5.74) is 1.17. The van der Waals surface area contributed by atoms with Crippen molar-refractivity contribution in [3.05, 3.63) is 59.3 Å². The molecule has 2 saturated heterocycles. The predicted molar refractivity (Wildman–Crippen MR) is 121 cm³/mol. The summed E-state index contributed by atoms with van der Waals surface area (Å²) in [7, 11) is 0. The van der Waals surface area contributed by atoms with Gasteiger partial charge in [-0.15, -0.1) is 23.5 Å². The maximum atomic E-state index is 13.0. The molecule has 9 heteroatoms. The Bertz CT molecular complexity index is 884. The van der Waals surface area contributed by atoms with Crippen molar-refractivity contribution >= 4 is 35.2 Å². The molecule has 0 radical (unpaired) electrons. The molecule has 2 fully saturated rings. The number of amides is 1. The number of rotatable bonds is 3. The highest BCUT2D eigenvalue weighted by atomic mass is 32.2. The lowest BCUT2D eigenvalue weighted by Gasteiger charge is -2.24. The number of aromatic nitrogens is 1. The number of anilines is 1. The monoisotopic (exact) mass is 467 g/mol. The van der Waals surface area contributed by atoms with E-state index in [1.54, 1.807) is 0 Å². The van der Waals surface area contributed by atoms with Crippen LogP contribution in [0.1, 0.15) is 38.9 Å². The number of pyridine rings is 1. The van der Waals surface area contributed by atoms with Gasteiger partial charge in [-0.25, -0.2) is 4.98 Å². The summed E-state index contributed by atoms with van der Waals surface area (Å²) < 4.78 is 38.7. The second-order valence-electron chi connectivity index (χ2n) is 7.58. The lowest BCUT2D eigenvalue weighted by atomic mass is 10.1. The van der Waals surface area contributed by atoms with Gasteiger partial charge in [0.15, 0.2) is 0 Å². The van der Waals surface area contributed by atoms with Crippen LogP contribution in [0.25, 0.3) is 0 Å². The third-order valence-corrected chi connectivity index (χ3v) is 8.45. The maximum absolute atomic E-state index is 13.0. The van der Waals surface area contributed by atoms with Gasteiger partial charge in [-0.2, -0.15) is 13.2 Å². The second kappa shape index (κ2) is 9.73. The number of benzene rings is 1. The van der Waals surface area contributed by atoms with Crippen LogP contribution < -0.4 is 4.90 Å². The first-order valence-electron chi connectivity index (χ1n) is 10.3. The molecule has 3 heterocycles. The van der Waals surface area contributed by atoms with Crippen molar-refractivity contribution in [1.29, 1.82) is 0 Å². The molecule has 0 bridgehead atoms. The van der Waals surface area contributed by atoms with Crippen molar-refractivity contribution in [2.45, 2.75) is 23.6 Å². The zero-order chi connectivity index (χ0) is 21.8. The number of halogens is 3. The summed E-state index contributed by atoms with van der Waals surface area (Å²) in [6.45, 7) is 2.32. The Hall–Kier alpha value is -1.87. The average Bonchev–Trinajstić information content (AvgIpc) is 3.05. The second-order valence-corrected chi connectivity index (χ2v) is 10.3. The fourth-order valence-corrected chi connectivity index (χ4v) is 6.63. The smallest absolute Gasteiger partial charge is 0.355 e. The summed E-state index contributed by atoms with van der Waals surface area (Å²) >= 11 is 3.91. The van der Waals surface area contributed by atoms with Crippen LogP contribution >= 0.6 is 23.5 Å². The van der Waals surface area contributed by atoms with Gasteiger partial charge in [-0.1, -0.05) is 12.1 Å². The van der Waals surface area contributed by atoms with Gasteiger partial charge >= 0.3 is 6.18 Å². The zero-order valence-corrected chi connectivity index (χ0v) is 18.6. The molecular weight excluding hydrogens is 443 g/mol. The summed E-state index contributed by atoms with van der Waals surface area (Å²) in [5, 5.41) is 0. The van der Waals surface area contributed by atoms with Crippen molar-refractivity contribution in [2.24, 2.45) is 0 Å². The standard InChI is InChI=1S/C22H24F3N3OS2/c23-22(24,25)18-7-8-19(26-15-18)27-9-1-10-28(12-11-27)20(29)16-3-5-17(6-4-16)21-30-13-2-14-31-21/h3-8,15,21H,1-2,9-14H2. The zero-order valence-electron chi connectivity index (χ0n) is 17.0. The van der Waals surface area contributed by atoms with Gasteiger partial charge in [-0.05, 0) is 54.2 Å². The highest BCUT2D eigenvalue weighted by Gasteiger charge is 2.31. The fraction of sp³-hybridized carbons (Fsp3) is 0.455. The van der Waals surface area contributed by atoms with Crippen LogP contribution in [0, 0.1) is 0 Å². The van der Waals surface area contributed by atoms with Crippen molar-refractivity contribution in [3.63, 3.8) is 0 Å². The Labute approximate surface area is 188 Å². The van der Waals surface area contributed by atoms with Gasteiger partial charge < -0.3 is 9.80 Å². The summed E-state index contributed by atoms with van der Waals surface area (Å²) in [4.78, 5) is 20.7. The first kappa shape index (κ1) is 22.3. The van der Waals surface area contributed by atoms with E-state index in [1.807, 2.05) is 45.5 Å². The molecular formula is C22H24F3N3OS2. The Morgan fingerprint density at radius 2 is 1.68 bits per heavy atom. The van der Waals surface area contributed by atoms with Gasteiger partial charge in [0.05, 0.1) is 10.1 Å². The number of nitrogens with zero attached hydrogens (tertiary/aromatic N) is 3. The first-order valence-corrected chi connectivity index (χ1v) is 12.4. The lowest BCUT2D eigenvalue weighted by molar-refractivity contribution is -0.137. The van der Waals surface area contributed by atoms with Crippen LogP contribution in [0.5, 0.6) is 0 Å². The molecule has 4 rings (SSSR count). The third-order valence-electron chi connectivity index (χ3n) is 5.44. The highest BCUT2D eigenvalue weighted by Crippen LogP contribution is 2.43.